The molecule has 302 valence electrons. The molecule has 7 aliphatic rings. The lowest BCUT2D eigenvalue weighted by atomic mass is 9.75. The van der Waals surface area contributed by atoms with Gasteiger partial charge in [0.25, 0.3) is 0 Å². The monoisotopic (exact) mass is 800 g/mol. The van der Waals surface area contributed by atoms with E-state index >= 15 is 0 Å². The molecule has 0 atom stereocenters. The van der Waals surface area contributed by atoms with Gasteiger partial charge in [-0.2, -0.15) is 0 Å². The van der Waals surface area contributed by atoms with E-state index in [0.717, 1.165) is 51.5 Å². The second kappa shape index (κ2) is 13.6. The Balaban J connectivity index is 0.849. The van der Waals surface area contributed by atoms with Crippen molar-refractivity contribution in [3.8, 4) is 22.3 Å². The summed E-state index contributed by atoms with van der Waals surface area (Å²) in [6.07, 6.45) is 24.3. The lowest BCUT2D eigenvalue weighted by Crippen LogP contribution is -2.29. The first kappa shape index (κ1) is 36.3. The Bertz CT molecular complexity index is 3040. The number of allylic oxidation sites excluding steroid dienone is 7. The molecule has 0 bridgehead atoms. The third-order valence-corrected chi connectivity index (χ3v) is 15.7. The fourth-order valence-corrected chi connectivity index (χ4v) is 12.7. The SMILES string of the molecule is CC1(C)c2cc(/C=C/c3ccc4c(c3)C3(Cc5ccccc5C3)c3cc(N5C6=C(CCC=C6)Cc6ccccc65)ccc3-4)ccc2-c2ccc(N3CCCC4=C3CCC=C4)cc21. The smallest absolute Gasteiger partial charge is 0.0496 e. The van der Waals surface area contributed by atoms with Crippen molar-refractivity contribution in [2.45, 2.75) is 82.5 Å². The molecule has 2 nitrogen and oxygen atoms in total. The molecule has 2 heteroatoms. The topological polar surface area (TPSA) is 6.48 Å². The number of nitrogens with zero attached hydrogens (tertiary/aromatic N) is 2. The third kappa shape index (κ3) is 5.35. The summed E-state index contributed by atoms with van der Waals surface area (Å²) >= 11 is 0. The first-order valence-electron chi connectivity index (χ1n) is 23.2. The number of fused-ring (bicyclic) bond motifs is 10. The van der Waals surface area contributed by atoms with Gasteiger partial charge in [0.15, 0.2) is 0 Å². The average molecular weight is 801 g/mol. The maximum absolute atomic E-state index is 2.62. The van der Waals surface area contributed by atoms with Gasteiger partial charge in [-0.3, -0.25) is 0 Å². The van der Waals surface area contributed by atoms with E-state index in [1.54, 1.807) is 16.8 Å². The zero-order valence-corrected chi connectivity index (χ0v) is 36.0. The van der Waals surface area contributed by atoms with Gasteiger partial charge in [-0.1, -0.05) is 135 Å². The molecule has 0 radical (unpaired) electrons. The molecule has 2 aliphatic heterocycles. The van der Waals surface area contributed by atoms with Crippen LogP contribution in [0.3, 0.4) is 0 Å². The van der Waals surface area contributed by atoms with E-state index in [2.05, 4.69) is 181 Å². The second-order valence-corrected chi connectivity index (χ2v) is 19.5. The highest BCUT2D eigenvalue weighted by molar-refractivity contribution is 5.89. The van der Waals surface area contributed by atoms with E-state index in [9.17, 15) is 0 Å². The largest absolute Gasteiger partial charge is 0.345 e. The molecule has 6 aromatic carbocycles. The summed E-state index contributed by atoms with van der Waals surface area (Å²) < 4.78 is 0. The number of hydrogen-bond donors (Lipinski definition) is 0. The molecule has 0 aromatic heterocycles. The second-order valence-electron chi connectivity index (χ2n) is 19.5. The van der Waals surface area contributed by atoms with Gasteiger partial charge in [0.05, 0.1) is 0 Å². The molecule has 0 unspecified atom stereocenters. The Morgan fingerprint density at radius 3 is 1.92 bits per heavy atom. The standard InChI is InChI=1S/C60H52N2/c1-59(2)52-32-39(23-27-48(52)49-29-25-46(35-53(49)59)61-31-11-17-41-12-5-8-18-56(41)61)21-22-40-24-28-50-51-30-26-47(62-57-19-9-6-13-42(57)34-43-14-7-10-20-58(43)62)36-55(51)60(54(50)33-40)37-44-15-3-4-16-45(44)38-60/h3-6,9-10,12-13,15-16,19-30,32-33,35-36H,7-8,11,14,17-18,31,34,37-38H2,1-2H3/b22-21+. The fraction of sp³-hybridized carbons (Fsp3) is 0.233. The zero-order valence-electron chi connectivity index (χ0n) is 36.0. The molecule has 1 spiro atoms. The van der Waals surface area contributed by atoms with Gasteiger partial charge in [0.2, 0.25) is 0 Å². The van der Waals surface area contributed by atoms with Crippen molar-refractivity contribution in [2.24, 2.45) is 0 Å². The lowest BCUT2D eigenvalue weighted by molar-refractivity contribution is 0.563. The Morgan fingerprint density at radius 1 is 0.548 bits per heavy atom. The highest BCUT2D eigenvalue weighted by Crippen LogP contribution is 2.57. The predicted molar refractivity (Wildman–Crippen MR) is 259 cm³/mol. The molecule has 13 rings (SSSR count). The Kier molecular flexibility index (Phi) is 7.94. The Hall–Kier alpha value is -6.38. The number of rotatable bonds is 4. The summed E-state index contributed by atoms with van der Waals surface area (Å²) in [7, 11) is 0. The molecule has 0 N–H and O–H groups in total. The van der Waals surface area contributed by atoms with Crippen LogP contribution in [0.1, 0.15) is 102 Å². The van der Waals surface area contributed by atoms with Crippen molar-refractivity contribution in [2.75, 3.05) is 16.3 Å². The van der Waals surface area contributed by atoms with Crippen LogP contribution < -0.4 is 9.80 Å². The van der Waals surface area contributed by atoms with E-state index in [1.807, 2.05) is 0 Å². The molecule has 62 heavy (non-hydrogen) atoms. The zero-order chi connectivity index (χ0) is 41.2. The maximum Gasteiger partial charge on any atom is 0.0496 e. The highest BCUT2D eigenvalue weighted by atomic mass is 15.2. The minimum absolute atomic E-state index is 0.0757. The Morgan fingerprint density at radius 2 is 1.15 bits per heavy atom. The van der Waals surface area contributed by atoms with Gasteiger partial charge in [0.1, 0.15) is 0 Å². The average Bonchev–Trinajstić information content (AvgIpc) is 3.91. The van der Waals surface area contributed by atoms with Gasteiger partial charge < -0.3 is 9.80 Å². The summed E-state index contributed by atoms with van der Waals surface area (Å²) in [5.74, 6) is 0. The molecule has 0 saturated carbocycles. The van der Waals surface area contributed by atoms with Crippen LogP contribution in [0.4, 0.5) is 17.1 Å². The van der Waals surface area contributed by atoms with Crippen molar-refractivity contribution in [3.05, 3.63) is 218 Å². The minimum atomic E-state index is -0.106. The van der Waals surface area contributed by atoms with E-state index in [1.165, 1.54) is 108 Å². The van der Waals surface area contributed by atoms with Crippen LogP contribution in [0, 0.1) is 0 Å². The fourth-order valence-electron chi connectivity index (χ4n) is 12.7. The molecule has 5 aliphatic carbocycles. The van der Waals surface area contributed by atoms with E-state index < -0.39 is 0 Å². The van der Waals surface area contributed by atoms with Gasteiger partial charge in [-0.05, 0) is 178 Å². The lowest BCUT2D eigenvalue weighted by Gasteiger charge is -2.36. The molecule has 0 saturated heterocycles. The summed E-state index contributed by atoms with van der Waals surface area (Å²) in [5.41, 5.74) is 28.1. The summed E-state index contributed by atoms with van der Waals surface area (Å²) in [4.78, 5) is 5.18. The van der Waals surface area contributed by atoms with Gasteiger partial charge >= 0.3 is 0 Å². The number of para-hydroxylation sites is 1. The van der Waals surface area contributed by atoms with Gasteiger partial charge in [0, 0.05) is 45.8 Å². The summed E-state index contributed by atoms with van der Waals surface area (Å²) in [5, 5.41) is 0. The van der Waals surface area contributed by atoms with E-state index in [4.69, 9.17) is 0 Å². The number of hydrogen-bond acceptors (Lipinski definition) is 2. The normalized spacial score (nSPS) is 19.3. The van der Waals surface area contributed by atoms with Crippen molar-refractivity contribution in [1.29, 1.82) is 0 Å². The van der Waals surface area contributed by atoms with Crippen LogP contribution in [0.15, 0.2) is 168 Å². The molecule has 2 heterocycles. The molecule has 0 fully saturated rings. The number of anilines is 3. The van der Waals surface area contributed by atoms with Crippen LogP contribution in [-0.2, 0) is 30.1 Å². The van der Waals surface area contributed by atoms with Crippen LogP contribution >= 0.6 is 0 Å². The van der Waals surface area contributed by atoms with Gasteiger partial charge in [-0.25, -0.2) is 0 Å². The van der Waals surface area contributed by atoms with Crippen LogP contribution in [0.25, 0.3) is 34.4 Å². The first-order valence-corrected chi connectivity index (χ1v) is 23.2. The third-order valence-electron chi connectivity index (χ3n) is 15.7. The maximum atomic E-state index is 2.62. The first-order chi connectivity index (χ1) is 30.4. The van der Waals surface area contributed by atoms with E-state index in [0.29, 0.717) is 0 Å². The van der Waals surface area contributed by atoms with Crippen molar-refractivity contribution >= 4 is 29.2 Å². The molecular formula is C60H52N2. The van der Waals surface area contributed by atoms with Crippen molar-refractivity contribution < 1.29 is 0 Å². The minimum Gasteiger partial charge on any atom is -0.345 e. The van der Waals surface area contributed by atoms with Crippen molar-refractivity contribution in [1.82, 2.24) is 0 Å². The molecule has 6 aromatic rings. The van der Waals surface area contributed by atoms with Gasteiger partial charge in [-0.15, -0.1) is 0 Å². The Labute approximate surface area is 367 Å². The predicted octanol–water partition coefficient (Wildman–Crippen LogP) is 14.7. The van der Waals surface area contributed by atoms with Crippen LogP contribution in [0.5, 0.6) is 0 Å². The van der Waals surface area contributed by atoms with E-state index in [-0.39, 0.29) is 10.8 Å². The molecule has 0 amide bonds. The van der Waals surface area contributed by atoms with Crippen LogP contribution in [-0.4, -0.2) is 6.54 Å². The number of benzene rings is 6. The van der Waals surface area contributed by atoms with Crippen molar-refractivity contribution in [3.63, 3.8) is 0 Å². The quantitative estimate of drug-likeness (QED) is 0.164. The molecular weight excluding hydrogens is 749 g/mol. The summed E-state index contributed by atoms with van der Waals surface area (Å²) in [6, 6.07) is 47.3. The highest BCUT2D eigenvalue weighted by Gasteiger charge is 2.47. The summed E-state index contributed by atoms with van der Waals surface area (Å²) in [6.45, 7) is 5.96. The van der Waals surface area contributed by atoms with Crippen LogP contribution in [0.2, 0.25) is 0 Å².